The summed E-state index contributed by atoms with van der Waals surface area (Å²) in [6.45, 7) is 4.67. The molecule has 0 spiro atoms. The molecule has 5 rings (SSSR count). The Kier molecular flexibility index (Phi) is 8.11. The largest absolute Gasteiger partial charge is 0.492 e. The van der Waals surface area contributed by atoms with Gasteiger partial charge in [0.15, 0.2) is 10.9 Å². The highest BCUT2D eigenvalue weighted by atomic mass is 32.1. The Morgan fingerprint density at radius 1 is 1.34 bits per heavy atom. The van der Waals surface area contributed by atoms with Gasteiger partial charge in [0.25, 0.3) is 0 Å². The van der Waals surface area contributed by atoms with Crippen LogP contribution in [-0.4, -0.2) is 67.8 Å². The number of aliphatic hydroxyl groups is 1. The third-order valence-electron chi connectivity index (χ3n) is 6.56. The van der Waals surface area contributed by atoms with E-state index in [0.29, 0.717) is 23.2 Å². The number of nitrogens with one attached hydrogen (secondary N) is 2. The molecule has 38 heavy (non-hydrogen) atoms. The Morgan fingerprint density at radius 3 is 3.08 bits per heavy atom. The number of hydrogen-bond acceptors (Lipinski definition) is 9. The van der Waals surface area contributed by atoms with Gasteiger partial charge in [-0.25, -0.2) is 18.9 Å². The molecule has 0 bridgehead atoms. The molecular formula is C26H30FN7O3S. The first-order valence-electron chi connectivity index (χ1n) is 12.6. The van der Waals surface area contributed by atoms with Crippen molar-refractivity contribution < 1.29 is 19.0 Å². The van der Waals surface area contributed by atoms with Gasteiger partial charge in [-0.05, 0) is 50.9 Å². The van der Waals surface area contributed by atoms with Crippen molar-refractivity contribution in [3.63, 3.8) is 0 Å². The van der Waals surface area contributed by atoms with Crippen LogP contribution in [0.2, 0.25) is 0 Å². The number of carbonyl (C=O) groups is 1. The summed E-state index contributed by atoms with van der Waals surface area (Å²) in [5.74, 6) is 0.662. The van der Waals surface area contributed by atoms with Crippen molar-refractivity contribution in [1.82, 2.24) is 24.5 Å². The second kappa shape index (κ2) is 11.8. The predicted octanol–water partition coefficient (Wildman–Crippen LogP) is 3.78. The average Bonchev–Trinajstić information content (AvgIpc) is 3.61. The fourth-order valence-corrected chi connectivity index (χ4v) is 5.51. The smallest absolute Gasteiger partial charge is 0.229 e. The van der Waals surface area contributed by atoms with Crippen LogP contribution in [0, 0.1) is 12.7 Å². The van der Waals surface area contributed by atoms with Crippen LogP contribution >= 0.6 is 11.3 Å². The zero-order valence-electron chi connectivity index (χ0n) is 21.1. The molecule has 1 aromatic carbocycles. The molecule has 3 N–H and O–H groups in total. The van der Waals surface area contributed by atoms with Crippen LogP contribution in [0.15, 0.2) is 43.0 Å². The van der Waals surface area contributed by atoms with Crippen LogP contribution in [0.3, 0.4) is 0 Å². The maximum Gasteiger partial charge on any atom is 0.229 e. The van der Waals surface area contributed by atoms with Gasteiger partial charge in [-0.2, -0.15) is 5.10 Å². The van der Waals surface area contributed by atoms with Crippen molar-refractivity contribution in [3.05, 3.63) is 59.2 Å². The lowest BCUT2D eigenvalue weighted by Crippen LogP contribution is -2.33. The van der Waals surface area contributed by atoms with Crippen LogP contribution in [-0.2, 0) is 11.2 Å². The van der Waals surface area contributed by atoms with E-state index in [1.54, 1.807) is 22.8 Å². The normalized spacial score (nSPS) is 15.7. The molecule has 3 aromatic heterocycles. The van der Waals surface area contributed by atoms with Crippen LogP contribution in [0.5, 0.6) is 5.75 Å². The second-order valence-electron chi connectivity index (χ2n) is 9.23. The highest BCUT2D eigenvalue weighted by molar-refractivity contribution is 7.15. The molecule has 0 unspecified atom stereocenters. The van der Waals surface area contributed by atoms with Crippen LogP contribution in [0.4, 0.5) is 21.0 Å². The SMILES string of the molecule is Cc1c(OCCCN2CCC[C@H]2CO)cn2ncnc(Nc3ncc(CC(=O)Nc4cccc(F)c4)s3)c12. The molecule has 4 aromatic rings. The quantitative estimate of drug-likeness (QED) is 0.247. The van der Waals surface area contributed by atoms with Gasteiger partial charge >= 0.3 is 0 Å². The van der Waals surface area contributed by atoms with E-state index in [4.69, 9.17) is 4.74 Å². The summed E-state index contributed by atoms with van der Waals surface area (Å²) >= 11 is 1.34. The van der Waals surface area contributed by atoms with E-state index in [0.717, 1.165) is 54.1 Å². The molecule has 200 valence electrons. The number of amides is 1. The number of halogens is 1. The Bertz CT molecular complexity index is 1410. The Morgan fingerprint density at radius 2 is 2.24 bits per heavy atom. The summed E-state index contributed by atoms with van der Waals surface area (Å²) in [4.78, 5) is 24.2. The molecule has 0 radical (unpaired) electrons. The molecule has 12 heteroatoms. The van der Waals surface area contributed by atoms with Crippen molar-refractivity contribution in [3.8, 4) is 5.75 Å². The summed E-state index contributed by atoms with van der Waals surface area (Å²) in [5.41, 5.74) is 2.10. The summed E-state index contributed by atoms with van der Waals surface area (Å²) < 4.78 is 21.2. The number of thiazole rings is 1. The van der Waals surface area contributed by atoms with Gasteiger partial charge < -0.3 is 20.5 Å². The molecular weight excluding hydrogens is 509 g/mol. The van der Waals surface area contributed by atoms with E-state index in [2.05, 4.69) is 30.6 Å². The van der Waals surface area contributed by atoms with Gasteiger partial charge in [0.1, 0.15) is 23.4 Å². The van der Waals surface area contributed by atoms with Crippen molar-refractivity contribution in [2.75, 3.05) is 36.9 Å². The Hall–Kier alpha value is -3.61. The number of nitrogens with zero attached hydrogens (tertiary/aromatic N) is 5. The minimum atomic E-state index is -0.407. The third-order valence-corrected chi connectivity index (χ3v) is 7.47. The lowest BCUT2D eigenvalue weighted by atomic mass is 10.2. The van der Waals surface area contributed by atoms with Crippen LogP contribution in [0.25, 0.3) is 5.52 Å². The highest BCUT2D eigenvalue weighted by Crippen LogP contribution is 2.31. The van der Waals surface area contributed by atoms with E-state index in [9.17, 15) is 14.3 Å². The minimum absolute atomic E-state index is 0.119. The standard InChI is InChI=1S/C26H30FN7O3S/c1-17-22(37-10-4-9-33-8-3-7-20(33)15-35)14-34-24(17)25(29-16-30-34)32-26-28-13-21(38-26)12-23(36)31-19-6-2-5-18(27)11-19/h2,5-6,11,13-14,16,20,35H,3-4,7-10,12,15H2,1H3,(H,31,36)(H,28,29,30,32)/t20-/m0/s1. The number of rotatable bonds is 11. The second-order valence-corrected chi connectivity index (χ2v) is 10.3. The number of aromatic nitrogens is 4. The van der Waals surface area contributed by atoms with Gasteiger partial charge in [0.05, 0.1) is 25.8 Å². The molecule has 1 saturated heterocycles. The monoisotopic (exact) mass is 539 g/mol. The summed E-state index contributed by atoms with van der Waals surface area (Å²) in [5, 5.41) is 20.3. The number of likely N-dealkylation sites (tertiary alicyclic amines) is 1. The van der Waals surface area contributed by atoms with E-state index in [-0.39, 0.29) is 25.0 Å². The maximum atomic E-state index is 13.4. The fourth-order valence-electron chi connectivity index (χ4n) is 4.70. The predicted molar refractivity (Wildman–Crippen MR) is 144 cm³/mol. The molecule has 0 saturated carbocycles. The van der Waals surface area contributed by atoms with Crippen molar-refractivity contribution in [1.29, 1.82) is 0 Å². The summed E-state index contributed by atoms with van der Waals surface area (Å²) in [7, 11) is 0. The molecule has 4 heterocycles. The molecule has 10 nitrogen and oxygen atoms in total. The van der Waals surface area contributed by atoms with E-state index in [1.165, 1.54) is 29.8 Å². The van der Waals surface area contributed by atoms with Gasteiger partial charge in [0, 0.05) is 34.9 Å². The zero-order chi connectivity index (χ0) is 26.5. The van der Waals surface area contributed by atoms with Gasteiger partial charge in [-0.1, -0.05) is 6.07 Å². The first-order chi connectivity index (χ1) is 18.5. The Labute approximate surface area is 223 Å². The fraction of sp³-hybridized carbons (Fsp3) is 0.385. The zero-order valence-corrected chi connectivity index (χ0v) is 21.9. The molecule has 1 amide bonds. The van der Waals surface area contributed by atoms with Crippen LogP contribution < -0.4 is 15.4 Å². The number of aliphatic hydroxyl groups excluding tert-OH is 1. The lowest BCUT2D eigenvalue weighted by Gasteiger charge is -2.22. The van der Waals surface area contributed by atoms with Crippen LogP contribution in [0.1, 0.15) is 29.7 Å². The molecule has 1 atom stereocenters. The van der Waals surface area contributed by atoms with E-state index >= 15 is 0 Å². The third kappa shape index (κ3) is 6.09. The summed E-state index contributed by atoms with van der Waals surface area (Å²) in [6, 6.07) is 6.05. The van der Waals surface area contributed by atoms with Crippen molar-refractivity contribution in [2.24, 2.45) is 0 Å². The molecule has 1 aliphatic heterocycles. The van der Waals surface area contributed by atoms with Crippen molar-refractivity contribution in [2.45, 2.75) is 38.6 Å². The minimum Gasteiger partial charge on any atom is -0.492 e. The number of benzene rings is 1. The molecule has 1 fully saturated rings. The highest BCUT2D eigenvalue weighted by Gasteiger charge is 2.23. The first-order valence-corrected chi connectivity index (χ1v) is 13.4. The summed E-state index contributed by atoms with van der Waals surface area (Å²) in [6.07, 6.45) is 8.11. The number of carbonyl (C=O) groups excluding carboxylic acids is 1. The van der Waals surface area contributed by atoms with Gasteiger partial charge in [-0.15, -0.1) is 11.3 Å². The first kappa shape index (κ1) is 26.0. The number of ether oxygens (including phenoxy) is 1. The number of anilines is 3. The number of fused-ring (bicyclic) bond motifs is 1. The molecule has 0 aliphatic carbocycles. The number of aryl methyl sites for hydroxylation is 1. The van der Waals surface area contributed by atoms with Gasteiger partial charge in [-0.3, -0.25) is 9.69 Å². The average molecular weight is 540 g/mol. The van der Waals surface area contributed by atoms with Gasteiger partial charge in [0.2, 0.25) is 5.91 Å². The van der Waals surface area contributed by atoms with E-state index in [1.807, 2.05) is 13.1 Å². The molecule has 1 aliphatic rings. The lowest BCUT2D eigenvalue weighted by molar-refractivity contribution is -0.115. The Balaban J connectivity index is 1.19. The van der Waals surface area contributed by atoms with Crippen molar-refractivity contribution >= 4 is 39.4 Å². The number of hydrogen-bond donors (Lipinski definition) is 3. The maximum absolute atomic E-state index is 13.4. The topological polar surface area (TPSA) is 117 Å². The van der Waals surface area contributed by atoms with E-state index < -0.39 is 5.82 Å².